The fraction of sp³-hybridized carbons (Fsp3) is 0.652. The van der Waals surface area contributed by atoms with Crippen molar-refractivity contribution in [2.75, 3.05) is 49.6 Å². The molecule has 0 spiro atoms. The van der Waals surface area contributed by atoms with Crippen molar-refractivity contribution in [3.8, 4) is 0 Å². The number of piperazine rings is 1. The molecule has 4 N–H and O–H groups in total. The Hall–Kier alpha value is -2.50. The van der Waals surface area contributed by atoms with Crippen LogP contribution in [0, 0.1) is 0 Å². The maximum atomic E-state index is 12.5. The summed E-state index contributed by atoms with van der Waals surface area (Å²) in [7, 11) is 0. The highest BCUT2D eigenvalue weighted by molar-refractivity contribution is 7.80. The molecule has 1 aromatic heterocycles. The molecule has 186 valence electrons. The van der Waals surface area contributed by atoms with Gasteiger partial charge in [-0.2, -0.15) is 0 Å². The van der Waals surface area contributed by atoms with E-state index in [1.807, 2.05) is 26.0 Å². The Morgan fingerprint density at radius 1 is 1.32 bits per heavy atom. The molecule has 10 nitrogen and oxygen atoms in total. The molecule has 3 fully saturated rings. The number of anilines is 2. The van der Waals surface area contributed by atoms with E-state index in [4.69, 9.17) is 17.0 Å². The Morgan fingerprint density at radius 2 is 2.12 bits per heavy atom. The lowest BCUT2D eigenvalue weighted by Crippen LogP contribution is -2.58. The fourth-order valence-corrected chi connectivity index (χ4v) is 5.12. The minimum absolute atomic E-state index is 0.0500. The van der Waals surface area contributed by atoms with Crippen molar-refractivity contribution >= 4 is 40.6 Å². The normalized spacial score (nSPS) is 25.0. The van der Waals surface area contributed by atoms with E-state index in [0.29, 0.717) is 37.5 Å². The average molecular weight is 490 g/mol. The van der Waals surface area contributed by atoms with Gasteiger partial charge in [-0.25, -0.2) is 4.98 Å². The Bertz CT molecular complexity index is 876. The van der Waals surface area contributed by atoms with Gasteiger partial charge in [-0.05, 0) is 51.0 Å². The number of carbonyl (C=O) groups excluding carboxylic acids is 2. The number of nitrogens with one attached hydrogen (secondary N) is 4. The highest BCUT2D eigenvalue weighted by Crippen LogP contribution is 2.26. The first-order chi connectivity index (χ1) is 16.4. The van der Waals surface area contributed by atoms with Crippen LogP contribution in [0.1, 0.15) is 33.1 Å². The Kier molecular flexibility index (Phi) is 8.17. The van der Waals surface area contributed by atoms with E-state index >= 15 is 0 Å². The number of fused-ring (bicyclic) bond motifs is 1. The summed E-state index contributed by atoms with van der Waals surface area (Å²) < 4.78 is 5.39. The molecule has 0 aliphatic carbocycles. The number of ether oxygens (including phenoxy) is 1. The van der Waals surface area contributed by atoms with E-state index in [2.05, 4.69) is 36.1 Å². The Balaban J connectivity index is 1.27. The molecule has 4 heterocycles. The first kappa shape index (κ1) is 24.6. The molecule has 3 aliphatic heterocycles. The van der Waals surface area contributed by atoms with Gasteiger partial charge in [0.1, 0.15) is 5.82 Å². The van der Waals surface area contributed by atoms with Crippen molar-refractivity contribution in [1.29, 1.82) is 0 Å². The van der Waals surface area contributed by atoms with Gasteiger partial charge in [0.25, 0.3) is 0 Å². The molecule has 34 heavy (non-hydrogen) atoms. The summed E-state index contributed by atoms with van der Waals surface area (Å²) in [5.74, 6) is 1.03. The molecule has 0 aromatic carbocycles. The van der Waals surface area contributed by atoms with Crippen LogP contribution in [0.4, 0.5) is 11.5 Å². The lowest BCUT2D eigenvalue weighted by Gasteiger charge is -2.37. The number of aromatic nitrogens is 1. The number of carbonyl (C=O) groups is 2. The third-order valence-electron chi connectivity index (χ3n) is 6.45. The molecular weight excluding hydrogens is 454 g/mol. The van der Waals surface area contributed by atoms with E-state index in [1.165, 1.54) is 0 Å². The molecule has 0 radical (unpaired) electrons. The van der Waals surface area contributed by atoms with E-state index in [1.54, 1.807) is 6.20 Å². The molecule has 2 amide bonds. The monoisotopic (exact) mass is 489 g/mol. The number of hydrogen-bond acceptors (Lipinski definition) is 7. The maximum absolute atomic E-state index is 12.5. The smallest absolute Gasteiger partial charge is 0.237 e. The van der Waals surface area contributed by atoms with Crippen molar-refractivity contribution in [3.05, 3.63) is 18.3 Å². The molecule has 3 saturated heterocycles. The topological polar surface area (TPSA) is 111 Å². The van der Waals surface area contributed by atoms with Crippen molar-refractivity contribution in [1.82, 2.24) is 25.8 Å². The third kappa shape index (κ3) is 6.34. The van der Waals surface area contributed by atoms with Gasteiger partial charge in [-0.1, -0.05) is 0 Å². The zero-order valence-electron chi connectivity index (χ0n) is 19.9. The Morgan fingerprint density at radius 3 is 2.82 bits per heavy atom. The maximum Gasteiger partial charge on any atom is 0.237 e. The average Bonchev–Trinajstić information content (AvgIpc) is 3.24. The number of amides is 2. The highest BCUT2D eigenvalue weighted by atomic mass is 32.1. The van der Waals surface area contributed by atoms with Gasteiger partial charge in [0.15, 0.2) is 5.11 Å². The second kappa shape index (κ2) is 11.3. The summed E-state index contributed by atoms with van der Waals surface area (Å²) in [4.78, 5) is 33.5. The van der Waals surface area contributed by atoms with Crippen LogP contribution in [-0.4, -0.2) is 90.4 Å². The molecule has 3 aliphatic rings. The minimum atomic E-state index is -0.193. The number of rotatable bonds is 7. The second-order valence-electron chi connectivity index (χ2n) is 9.41. The second-order valence-corrected chi connectivity index (χ2v) is 9.82. The van der Waals surface area contributed by atoms with Gasteiger partial charge >= 0.3 is 0 Å². The molecular formula is C23H35N7O3S. The Labute approximate surface area is 206 Å². The third-order valence-corrected chi connectivity index (χ3v) is 6.67. The summed E-state index contributed by atoms with van der Waals surface area (Å²) in [5.41, 5.74) is 0.817. The number of nitrogens with zero attached hydrogens (tertiary/aromatic N) is 3. The minimum Gasteiger partial charge on any atom is -0.378 e. The van der Waals surface area contributed by atoms with E-state index < -0.39 is 0 Å². The highest BCUT2D eigenvalue weighted by Gasteiger charge is 2.43. The number of thiocarbonyl (C=S) groups is 1. The van der Waals surface area contributed by atoms with Crippen molar-refractivity contribution in [3.63, 3.8) is 0 Å². The summed E-state index contributed by atoms with van der Waals surface area (Å²) >= 11 is 5.53. The van der Waals surface area contributed by atoms with Crippen LogP contribution in [0.3, 0.4) is 0 Å². The van der Waals surface area contributed by atoms with Gasteiger partial charge < -0.3 is 30.9 Å². The lowest BCUT2D eigenvalue weighted by molar-refractivity contribution is -0.129. The lowest BCUT2D eigenvalue weighted by atomic mass is 10.0. The first-order valence-corrected chi connectivity index (χ1v) is 12.5. The van der Waals surface area contributed by atoms with Crippen LogP contribution in [0.5, 0.6) is 0 Å². The molecule has 3 atom stereocenters. The molecule has 0 unspecified atom stereocenters. The van der Waals surface area contributed by atoms with Crippen LogP contribution in [-0.2, 0) is 14.3 Å². The summed E-state index contributed by atoms with van der Waals surface area (Å²) in [6, 6.07) is 4.09. The van der Waals surface area contributed by atoms with Crippen molar-refractivity contribution in [2.45, 2.75) is 57.3 Å². The first-order valence-electron chi connectivity index (χ1n) is 12.1. The zero-order chi connectivity index (χ0) is 24.1. The van der Waals surface area contributed by atoms with Crippen LogP contribution < -0.4 is 26.2 Å². The largest absolute Gasteiger partial charge is 0.378 e. The molecule has 1 aromatic rings. The predicted octanol–water partition coefficient (Wildman–Crippen LogP) is 0.451. The van der Waals surface area contributed by atoms with Gasteiger partial charge in [0.05, 0.1) is 31.1 Å². The standard InChI is InChI=1S/C23H35N7O3S/c1-15(2)26-21(31)6-4-18-13-25-22(32)19-11-17(14-30(18)19)28-23(34)27-16-3-5-20(24-12-16)29-7-9-33-10-8-29/h3,5,12,15,17-19H,4,6-11,13-14H2,1-2H3,(H,25,32)(H,26,31)(H2,27,28,34)/t17-,18+,19-/m0/s1. The number of pyridine rings is 1. The predicted molar refractivity (Wildman–Crippen MR) is 135 cm³/mol. The zero-order valence-corrected chi connectivity index (χ0v) is 20.7. The van der Waals surface area contributed by atoms with E-state index in [-0.39, 0.29) is 36.0 Å². The van der Waals surface area contributed by atoms with E-state index in [9.17, 15) is 9.59 Å². The van der Waals surface area contributed by atoms with Crippen molar-refractivity contribution < 1.29 is 14.3 Å². The summed E-state index contributed by atoms with van der Waals surface area (Å²) in [6.07, 6.45) is 3.62. The summed E-state index contributed by atoms with van der Waals surface area (Å²) in [6.45, 7) is 8.32. The SMILES string of the molecule is CC(C)NC(=O)CC[C@@H]1CNC(=O)[C@@H]2C[C@H](NC(=S)Nc3ccc(N4CCOCC4)nc3)CN12. The van der Waals surface area contributed by atoms with Crippen LogP contribution >= 0.6 is 12.2 Å². The molecule has 4 rings (SSSR count). The van der Waals surface area contributed by atoms with Crippen LogP contribution in [0.2, 0.25) is 0 Å². The van der Waals surface area contributed by atoms with Gasteiger partial charge in [0.2, 0.25) is 11.8 Å². The van der Waals surface area contributed by atoms with Gasteiger partial charge in [0, 0.05) is 50.7 Å². The molecule has 0 saturated carbocycles. The number of hydrogen-bond donors (Lipinski definition) is 4. The van der Waals surface area contributed by atoms with Gasteiger partial charge in [-0.3, -0.25) is 14.5 Å². The van der Waals surface area contributed by atoms with Crippen LogP contribution in [0.25, 0.3) is 0 Å². The van der Waals surface area contributed by atoms with Crippen LogP contribution in [0.15, 0.2) is 18.3 Å². The van der Waals surface area contributed by atoms with Crippen molar-refractivity contribution in [2.24, 2.45) is 0 Å². The molecule has 11 heteroatoms. The van der Waals surface area contributed by atoms with Gasteiger partial charge in [-0.15, -0.1) is 0 Å². The summed E-state index contributed by atoms with van der Waals surface area (Å²) in [5, 5.41) is 13.0. The molecule has 0 bridgehead atoms. The fourth-order valence-electron chi connectivity index (χ4n) is 4.83. The number of morpholine rings is 1. The van der Waals surface area contributed by atoms with E-state index in [0.717, 1.165) is 37.8 Å². The quantitative estimate of drug-likeness (QED) is 0.406.